The van der Waals surface area contributed by atoms with Crippen molar-refractivity contribution in [3.63, 3.8) is 0 Å². The summed E-state index contributed by atoms with van der Waals surface area (Å²) in [5, 5.41) is 2.23. The molecule has 0 saturated carbocycles. The van der Waals surface area contributed by atoms with Gasteiger partial charge in [0.05, 0.1) is 0 Å². The molecule has 0 N–H and O–H groups in total. The molecule has 3 aromatic carbocycles. The topological polar surface area (TPSA) is 23.6 Å². The summed E-state index contributed by atoms with van der Waals surface area (Å²) in [5.74, 6) is -0.145. The Hall–Kier alpha value is -2.88. The number of carbonyl (C=O) groups excluding carboxylic acids is 1. The molecule has 3 aromatic rings. The summed E-state index contributed by atoms with van der Waals surface area (Å²) in [6.07, 6.45) is 0.900. The third-order valence-corrected chi connectivity index (χ3v) is 4.97. The van der Waals surface area contributed by atoms with Crippen LogP contribution in [0.3, 0.4) is 0 Å². The zero-order chi connectivity index (χ0) is 17.9. The molecule has 26 heavy (non-hydrogen) atoms. The van der Waals surface area contributed by atoms with E-state index >= 15 is 0 Å². The summed E-state index contributed by atoms with van der Waals surface area (Å²) in [6, 6.07) is 20.5. The third-order valence-electron chi connectivity index (χ3n) is 4.97. The fraction of sp³-hybridized carbons (Fsp3) is 0.227. The lowest BCUT2D eigenvalue weighted by atomic mass is 10.1. The first-order valence-electron chi connectivity index (χ1n) is 8.99. The van der Waals surface area contributed by atoms with Gasteiger partial charge in [-0.2, -0.15) is 0 Å². The van der Waals surface area contributed by atoms with Crippen LogP contribution in [0.25, 0.3) is 10.8 Å². The monoisotopic (exact) mass is 348 g/mol. The lowest BCUT2D eigenvalue weighted by molar-refractivity contribution is 0.0767. The number of amides is 1. The van der Waals surface area contributed by atoms with E-state index in [0.717, 1.165) is 48.1 Å². The van der Waals surface area contributed by atoms with Gasteiger partial charge >= 0.3 is 0 Å². The van der Waals surface area contributed by atoms with Crippen molar-refractivity contribution < 1.29 is 9.18 Å². The van der Waals surface area contributed by atoms with Crippen molar-refractivity contribution in [2.24, 2.45) is 0 Å². The number of hydrogen-bond acceptors (Lipinski definition) is 2. The van der Waals surface area contributed by atoms with Crippen molar-refractivity contribution in [3.05, 3.63) is 78.1 Å². The quantitative estimate of drug-likeness (QED) is 0.688. The van der Waals surface area contributed by atoms with E-state index in [4.69, 9.17) is 0 Å². The molecule has 132 valence electrons. The average molecular weight is 348 g/mol. The smallest absolute Gasteiger partial charge is 0.253 e. The van der Waals surface area contributed by atoms with Crippen LogP contribution in [-0.2, 0) is 0 Å². The number of hydrogen-bond donors (Lipinski definition) is 0. The van der Waals surface area contributed by atoms with Crippen LogP contribution in [0, 0.1) is 5.82 Å². The van der Waals surface area contributed by atoms with Crippen LogP contribution in [0.2, 0.25) is 0 Å². The van der Waals surface area contributed by atoms with Gasteiger partial charge in [0.1, 0.15) is 5.82 Å². The van der Waals surface area contributed by atoms with E-state index in [9.17, 15) is 9.18 Å². The Morgan fingerprint density at radius 3 is 2.38 bits per heavy atom. The van der Waals surface area contributed by atoms with Gasteiger partial charge in [-0.15, -0.1) is 0 Å². The fourth-order valence-electron chi connectivity index (χ4n) is 3.54. The minimum absolute atomic E-state index is 0.0803. The fourth-order valence-corrected chi connectivity index (χ4v) is 3.54. The maximum atomic E-state index is 13.1. The number of carbonyl (C=O) groups is 1. The van der Waals surface area contributed by atoms with Crippen molar-refractivity contribution in [3.8, 4) is 0 Å². The van der Waals surface area contributed by atoms with Crippen LogP contribution in [0.4, 0.5) is 10.1 Å². The number of halogens is 1. The first-order valence-corrected chi connectivity index (χ1v) is 8.99. The summed E-state index contributed by atoms with van der Waals surface area (Å²) < 4.78 is 13.1. The van der Waals surface area contributed by atoms with Crippen molar-refractivity contribution >= 4 is 22.4 Å². The number of benzene rings is 3. The second-order valence-electron chi connectivity index (χ2n) is 6.67. The van der Waals surface area contributed by atoms with Gasteiger partial charge < -0.3 is 9.80 Å². The van der Waals surface area contributed by atoms with Gasteiger partial charge in [0.25, 0.3) is 5.91 Å². The van der Waals surface area contributed by atoms with Gasteiger partial charge in [-0.3, -0.25) is 4.79 Å². The van der Waals surface area contributed by atoms with Gasteiger partial charge in [-0.05, 0) is 53.6 Å². The first kappa shape index (κ1) is 16.6. The van der Waals surface area contributed by atoms with E-state index in [-0.39, 0.29) is 11.7 Å². The third kappa shape index (κ3) is 3.40. The van der Waals surface area contributed by atoms with Crippen LogP contribution in [-0.4, -0.2) is 37.0 Å². The highest BCUT2D eigenvalue weighted by molar-refractivity contribution is 5.98. The maximum Gasteiger partial charge on any atom is 0.253 e. The summed E-state index contributed by atoms with van der Waals surface area (Å²) >= 11 is 0. The highest BCUT2D eigenvalue weighted by Gasteiger charge is 2.20. The SMILES string of the molecule is O=C(c1ccc2ccccc2c1)N1CCCN(c2ccc(F)cc2)CC1. The second-order valence-corrected chi connectivity index (χ2v) is 6.67. The molecule has 0 radical (unpaired) electrons. The molecule has 1 aliphatic heterocycles. The summed E-state index contributed by atoms with van der Waals surface area (Å²) in [5.41, 5.74) is 1.74. The van der Waals surface area contributed by atoms with Crippen molar-refractivity contribution in [1.29, 1.82) is 0 Å². The van der Waals surface area contributed by atoms with Crippen LogP contribution in [0.1, 0.15) is 16.8 Å². The molecule has 1 amide bonds. The van der Waals surface area contributed by atoms with Crippen molar-refractivity contribution in [2.45, 2.75) is 6.42 Å². The number of rotatable bonds is 2. The van der Waals surface area contributed by atoms with Crippen LogP contribution in [0.15, 0.2) is 66.7 Å². The van der Waals surface area contributed by atoms with Gasteiger partial charge in [0.15, 0.2) is 0 Å². The van der Waals surface area contributed by atoms with Crippen molar-refractivity contribution in [1.82, 2.24) is 4.90 Å². The minimum atomic E-state index is -0.225. The molecular weight excluding hydrogens is 327 g/mol. The second kappa shape index (κ2) is 7.16. The molecule has 3 nitrogen and oxygen atoms in total. The molecule has 0 aromatic heterocycles. The molecule has 0 unspecified atom stereocenters. The van der Waals surface area contributed by atoms with Gasteiger partial charge in [0.2, 0.25) is 0 Å². The number of fused-ring (bicyclic) bond motifs is 1. The number of nitrogens with zero attached hydrogens (tertiary/aromatic N) is 2. The largest absolute Gasteiger partial charge is 0.370 e. The van der Waals surface area contributed by atoms with E-state index in [1.54, 1.807) is 12.1 Å². The lowest BCUT2D eigenvalue weighted by Crippen LogP contribution is -2.35. The highest BCUT2D eigenvalue weighted by Crippen LogP contribution is 2.20. The van der Waals surface area contributed by atoms with Crippen LogP contribution < -0.4 is 4.90 Å². The number of anilines is 1. The molecule has 0 atom stereocenters. The van der Waals surface area contributed by atoms with Crippen LogP contribution >= 0.6 is 0 Å². The molecule has 1 aliphatic rings. The van der Waals surface area contributed by atoms with E-state index < -0.39 is 0 Å². The molecule has 0 aliphatic carbocycles. The maximum absolute atomic E-state index is 13.1. The normalized spacial score (nSPS) is 15.1. The molecule has 4 heteroatoms. The predicted octanol–water partition coefficient (Wildman–Crippen LogP) is 4.33. The molecule has 0 spiro atoms. The predicted molar refractivity (Wildman–Crippen MR) is 103 cm³/mol. The van der Waals surface area contributed by atoms with E-state index in [0.29, 0.717) is 6.54 Å². The van der Waals surface area contributed by atoms with Crippen LogP contribution in [0.5, 0.6) is 0 Å². The zero-order valence-electron chi connectivity index (χ0n) is 14.6. The Bertz CT molecular complexity index is 923. The Morgan fingerprint density at radius 2 is 1.58 bits per heavy atom. The van der Waals surface area contributed by atoms with Crippen molar-refractivity contribution in [2.75, 3.05) is 31.1 Å². The van der Waals surface area contributed by atoms with Gasteiger partial charge in [-0.25, -0.2) is 4.39 Å². The van der Waals surface area contributed by atoms with E-state index in [2.05, 4.69) is 11.0 Å². The standard InChI is InChI=1S/C22H21FN2O/c23-20-8-10-21(11-9-20)24-12-3-13-25(15-14-24)22(26)19-7-6-17-4-1-2-5-18(17)16-19/h1-2,4-11,16H,3,12-15H2. The molecule has 1 saturated heterocycles. The Morgan fingerprint density at radius 1 is 0.808 bits per heavy atom. The minimum Gasteiger partial charge on any atom is -0.370 e. The Kier molecular flexibility index (Phi) is 4.57. The highest BCUT2D eigenvalue weighted by atomic mass is 19.1. The Balaban J connectivity index is 1.49. The summed E-state index contributed by atoms with van der Waals surface area (Å²) in [4.78, 5) is 17.1. The average Bonchev–Trinajstić information content (AvgIpc) is 2.94. The van der Waals surface area contributed by atoms with Gasteiger partial charge in [-0.1, -0.05) is 30.3 Å². The Labute approximate surface area is 152 Å². The molecule has 0 bridgehead atoms. The zero-order valence-corrected chi connectivity index (χ0v) is 14.6. The molecular formula is C22H21FN2O. The van der Waals surface area contributed by atoms with E-state index in [1.165, 1.54) is 12.1 Å². The molecule has 1 heterocycles. The van der Waals surface area contributed by atoms with E-state index in [1.807, 2.05) is 41.3 Å². The first-order chi connectivity index (χ1) is 12.7. The summed E-state index contributed by atoms with van der Waals surface area (Å²) in [7, 11) is 0. The molecule has 4 rings (SSSR count). The molecule has 1 fully saturated rings. The lowest BCUT2D eigenvalue weighted by Gasteiger charge is -2.24. The van der Waals surface area contributed by atoms with Gasteiger partial charge in [0, 0.05) is 37.4 Å². The summed E-state index contributed by atoms with van der Waals surface area (Å²) in [6.45, 7) is 3.03.